The molecule has 2 N–H and O–H groups in total. The SMILES string of the molecule is CC1CC1c1ccc(/C=C/C(=O)NNC(=O)c2nn(C)c(=O)c3ccccc23)o1. The van der Waals surface area contributed by atoms with Crippen molar-refractivity contribution < 1.29 is 14.0 Å². The molecule has 1 aliphatic rings. The first-order valence-corrected chi connectivity index (χ1v) is 9.28. The van der Waals surface area contributed by atoms with Crippen LogP contribution in [0.15, 0.2) is 51.7 Å². The Morgan fingerprint density at radius 3 is 2.62 bits per heavy atom. The van der Waals surface area contributed by atoms with Gasteiger partial charge in [-0.25, -0.2) is 4.68 Å². The molecule has 1 aromatic carbocycles. The lowest BCUT2D eigenvalue weighted by Gasteiger charge is -2.08. The van der Waals surface area contributed by atoms with Crippen LogP contribution in [0.4, 0.5) is 0 Å². The average molecular weight is 392 g/mol. The van der Waals surface area contributed by atoms with E-state index in [2.05, 4.69) is 22.9 Å². The summed E-state index contributed by atoms with van der Waals surface area (Å²) in [5.41, 5.74) is 4.36. The van der Waals surface area contributed by atoms with Crippen molar-refractivity contribution in [3.05, 3.63) is 70.0 Å². The predicted octanol–water partition coefficient (Wildman–Crippen LogP) is 2.12. The Bertz CT molecular complexity index is 1190. The Hall–Kier alpha value is -3.68. The molecule has 29 heavy (non-hydrogen) atoms. The van der Waals surface area contributed by atoms with Crippen LogP contribution in [0.25, 0.3) is 16.8 Å². The first-order valence-electron chi connectivity index (χ1n) is 9.28. The Morgan fingerprint density at radius 2 is 1.90 bits per heavy atom. The highest BCUT2D eigenvalue weighted by Gasteiger charge is 2.36. The third-order valence-corrected chi connectivity index (χ3v) is 4.99. The maximum atomic E-state index is 12.5. The van der Waals surface area contributed by atoms with Crippen LogP contribution < -0.4 is 16.4 Å². The van der Waals surface area contributed by atoms with Crippen molar-refractivity contribution >= 4 is 28.7 Å². The molecule has 2 amide bonds. The molecule has 2 unspecified atom stereocenters. The monoisotopic (exact) mass is 392 g/mol. The minimum atomic E-state index is -0.624. The third-order valence-electron chi connectivity index (χ3n) is 4.99. The highest BCUT2D eigenvalue weighted by molar-refractivity contribution is 6.05. The Labute approximate surface area is 166 Å². The number of carbonyl (C=O) groups is 2. The molecule has 1 saturated carbocycles. The maximum Gasteiger partial charge on any atom is 0.290 e. The van der Waals surface area contributed by atoms with Crippen LogP contribution in [0.5, 0.6) is 0 Å². The van der Waals surface area contributed by atoms with Crippen molar-refractivity contribution in [2.24, 2.45) is 13.0 Å². The van der Waals surface area contributed by atoms with E-state index in [1.165, 1.54) is 19.2 Å². The topological polar surface area (TPSA) is 106 Å². The van der Waals surface area contributed by atoms with E-state index in [1.807, 2.05) is 12.1 Å². The number of hydrogen-bond donors (Lipinski definition) is 2. The van der Waals surface area contributed by atoms with Gasteiger partial charge in [-0.2, -0.15) is 5.10 Å². The van der Waals surface area contributed by atoms with Crippen molar-refractivity contribution in [3.63, 3.8) is 0 Å². The van der Waals surface area contributed by atoms with E-state index in [0.29, 0.717) is 28.4 Å². The van der Waals surface area contributed by atoms with E-state index in [0.717, 1.165) is 16.9 Å². The summed E-state index contributed by atoms with van der Waals surface area (Å²) in [6.07, 6.45) is 3.93. The summed E-state index contributed by atoms with van der Waals surface area (Å²) in [6, 6.07) is 10.4. The third kappa shape index (κ3) is 3.82. The Balaban J connectivity index is 1.41. The Kier molecular flexibility index (Phi) is 4.75. The molecular formula is C21H20N4O4. The summed E-state index contributed by atoms with van der Waals surface area (Å²) in [5, 5.41) is 4.80. The van der Waals surface area contributed by atoms with Gasteiger partial charge in [0.25, 0.3) is 17.4 Å². The highest BCUT2D eigenvalue weighted by Crippen LogP contribution is 2.47. The molecule has 3 aromatic rings. The van der Waals surface area contributed by atoms with Gasteiger partial charge in [-0.15, -0.1) is 0 Å². The fourth-order valence-corrected chi connectivity index (χ4v) is 3.22. The molecule has 0 saturated heterocycles. The molecule has 0 spiro atoms. The van der Waals surface area contributed by atoms with Crippen LogP contribution >= 0.6 is 0 Å². The van der Waals surface area contributed by atoms with Gasteiger partial charge >= 0.3 is 0 Å². The minimum absolute atomic E-state index is 0.0428. The fraction of sp³-hybridized carbons (Fsp3) is 0.238. The number of aromatic nitrogens is 2. The Morgan fingerprint density at radius 1 is 1.17 bits per heavy atom. The minimum Gasteiger partial charge on any atom is -0.461 e. The largest absolute Gasteiger partial charge is 0.461 e. The van der Waals surface area contributed by atoms with Gasteiger partial charge in [0.1, 0.15) is 11.5 Å². The molecule has 2 atom stereocenters. The van der Waals surface area contributed by atoms with Crippen LogP contribution in [0.2, 0.25) is 0 Å². The lowest BCUT2D eigenvalue weighted by Crippen LogP contribution is -2.42. The van der Waals surface area contributed by atoms with Crippen LogP contribution in [0, 0.1) is 5.92 Å². The highest BCUT2D eigenvalue weighted by atomic mass is 16.3. The second kappa shape index (κ2) is 7.38. The summed E-state index contributed by atoms with van der Waals surface area (Å²) in [7, 11) is 1.47. The van der Waals surface area contributed by atoms with E-state index in [-0.39, 0.29) is 11.3 Å². The number of carbonyl (C=O) groups excluding carboxylic acids is 2. The second-order valence-electron chi connectivity index (χ2n) is 7.16. The maximum absolute atomic E-state index is 12.5. The number of fused-ring (bicyclic) bond motifs is 1. The van der Waals surface area contributed by atoms with Gasteiger partial charge in [0, 0.05) is 24.4 Å². The molecule has 8 nitrogen and oxygen atoms in total. The summed E-state index contributed by atoms with van der Waals surface area (Å²) >= 11 is 0. The summed E-state index contributed by atoms with van der Waals surface area (Å²) in [5.74, 6) is 1.46. The summed E-state index contributed by atoms with van der Waals surface area (Å²) in [6.45, 7) is 2.17. The number of nitrogens with zero attached hydrogens (tertiary/aromatic N) is 2. The standard InChI is InChI=1S/C21H20N4O4/c1-12-11-16(12)17-9-7-13(29-17)8-10-18(26)22-23-20(27)19-14-5-3-4-6-15(14)21(28)25(2)24-19/h3-10,12,16H,11H2,1-2H3,(H,22,26)(H,23,27)/b10-8+. The fourth-order valence-electron chi connectivity index (χ4n) is 3.22. The number of furan rings is 1. The lowest BCUT2D eigenvalue weighted by atomic mass is 10.1. The summed E-state index contributed by atoms with van der Waals surface area (Å²) < 4.78 is 6.79. The van der Waals surface area contributed by atoms with Crippen molar-refractivity contribution in [2.75, 3.05) is 0 Å². The second-order valence-corrected chi connectivity index (χ2v) is 7.16. The molecule has 4 rings (SSSR count). The predicted molar refractivity (Wildman–Crippen MR) is 107 cm³/mol. The number of aryl methyl sites for hydroxylation is 1. The first-order chi connectivity index (χ1) is 13.9. The number of benzene rings is 1. The van der Waals surface area contributed by atoms with Crippen molar-refractivity contribution in [2.45, 2.75) is 19.3 Å². The quantitative estimate of drug-likeness (QED) is 0.523. The number of nitrogens with one attached hydrogen (secondary N) is 2. The van der Waals surface area contributed by atoms with E-state index >= 15 is 0 Å². The summed E-state index contributed by atoms with van der Waals surface area (Å²) in [4.78, 5) is 36.6. The molecule has 2 heterocycles. The van der Waals surface area contributed by atoms with E-state index in [4.69, 9.17) is 4.42 Å². The van der Waals surface area contributed by atoms with Crippen molar-refractivity contribution in [3.8, 4) is 0 Å². The van der Waals surface area contributed by atoms with Crippen molar-refractivity contribution in [1.29, 1.82) is 0 Å². The smallest absolute Gasteiger partial charge is 0.290 e. The zero-order valence-electron chi connectivity index (χ0n) is 16.0. The van der Waals surface area contributed by atoms with Gasteiger partial charge in [-0.05, 0) is 36.6 Å². The number of rotatable bonds is 4. The molecule has 0 bridgehead atoms. The van der Waals surface area contributed by atoms with Gasteiger partial charge < -0.3 is 4.42 Å². The van der Waals surface area contributed by atoms with Crippen LogP contribution in [-0.2, 0) is 11.8 Å². The van der Waals surface area contributed by atoms with Gasteiger partial charge in [-0.3, -0.25) is 25.2 Å². The number of hydrazine groups is 1. The molecule has 2 aromatic heterocycles. The van der Waals surface area contributed by atoms with Crippen LogP contribution in [0.3, 0.4) is 0 Å². The van der Waals surface area contributed by atoms with E-state index < -0.39 is 11.8 Å². The molecule has 0 aliphatic heterocycles. The van der Waals surface area contributed by atoms with Gasteiger partial charge in [-0.1, -0.05) is 25.1 Å². The normalized spacial score (nSPS) is 18.1. The molecular weight excluding hydrogens is 372 g/mol. The average Bonchev–Trinajstić information content (AvgIpc) is 3.26. The zero-order chi connectivity index (χ0) is 20.5. The number of amides is 2. The number of hydrogen-bond acceptors (Lipinski definition) is 5. The van der Waals surface area contributed by atoms with Crippen LogP contribution in [0.1, 0.15) is 41.3 Å². The molecule has 0 radical (unpaired) electrons. The van der Waals surface area contributed by atoms with E-state index in [9.17, 15) is 14.4 Å². The molecule has 1 fully saturated rings. The molecule has 1 aliphatic carbocycles. The van der Waals surface area contributed by atoms with Crippen molar-refractivity contribution in [1.82, 2.24) is 20.6 Å². The first kappa shape index (κ1) is 18.7. The van der Waals surface area contributed by atoms with Gasteiger partial charge in [0.2, 0.25) is 0 Å². The lowest BCUT2D eigenvalue weighted by molar-refractivity contribution is -0.117. The van der Waals surface area contributed by atoms with Crippen LogP contribution in [-0.4, -0.2) is 21.6 Å². The zero-order valence-corrected chi connectivity index (χ0v) is 16.0. The molecule has 8 heteroatoms. The molecule has 148 valence electrons. The van der Waals surface area contributed by atoms with E-state index in [1.54, 1.807) is 24.3 Å². The van der Waals surface area contributed by atoms with Gasteiger partial charge in [0.05, 0.1) is 5.39 Å². The van der Waals surface area contributed by atoms with Gasteiger partial charge in [0.15, 0.2) is 5.69 Å².